The van der Waals surface area contributed by atoms with Crippen LogP contribution in [0, 0.1) is 0 Å². The fourth-order valence-corrected chi connectivity index (χ4v) is 8.15. The predicted molar refractivity (Wildman–Crippen MR) is 188 cm³/mol. The molecule has 9 aromatic rings. The van der Waals surface area contributed by atoms with Crippen LogP contribution in [0.2, 0.25) is 0 Å². The van der Waals surface area contributed by atoms with Gasteiger partial charge in [-0.05, 0) is 59.1 Å². The fraction of sp³-hybridized carbons (Fsp3) is 0.0256. The van der Waals surface area contributed by atoms with E-state index in [4.69, 9.17) is 29.9 Å². The van der Waals surface area contributed by atoms with Crippen molar-refractivity contribution in [2.45, 2.75) is 5.92 Å². The summed E-state index contributed by atoms with van der Waals surface area (Å²) in [4.78, 5) is 29.9. The molecule has 0 spiro atoms. The molecule has 1 atom stereocenters. The highest BCUT2D eigenvalue weighted by atomic mass is 15.2. The zero-order chi connectivity index (χ0) is 31.3. The van der Waals surface area contributed by atoms with Gasteiger partial charge in [-0.2, -0.15) is 0 Å². The second kappa shape index (κ2) is 9.53. The third kappa shape index (κ3) is 3.29. The predicted octanol–water partition coefficient (Wildman–Crippen LogP) is 5.09. The Morgan fingerprint density at radius 1 is 0.604 bits per heavy atom. The first kappa shape index (κ1) is 25.7. The summed E-state index contributed by atoms with van der Waals surface area (Å²) in [5.41, 5.74) is 14.2. The Labute approximate surface area is 274 Å². The summed E-state index contributed by atoms with van der Waals surface area (Å²) in [6.07, 6.45) is 11.0. The van der Waals surface area contributed by atoms with Crippen LogP contribution in [0.5, 0.6) is 0 Å². The summed E-state index contributed by atoms with van der Waals surface area (Å²) in [6, 6.07) is 33.8. The molecule has 8 heterocycles. The second-order valence-electron chi connectivity index (χ2n) is 12.3. The Bertz CT molecular complexity index is 2740. The van der Waals surface area contributed by atoms with E-state index in [1.807, 2.05) is 43.0 Å². The topological polar surface area (TPSA) is 87.2 Å². The lowest BCUT2D eigenvalue weighted by Crippen LogP contribution is -2.63. The highest BCUT2D eigenvalue weighted by Gasteiger charge is 2.46. The van der Waals surface area contributed by atoms with E-state index < -0.39 is 0 Å². The molecule has 0 aliphatic carbocycles. The van der Waals surface area contributed by atoms with Crippen LogP contribution >= 0.6 is 0 Å². The summed E-state index contributed by atoms with van der Waals surface area (Å²) in [6.45, 7) is -0.200. The molecule has 9 heteroatoms. The zero-order valence-electron chi connectivity index (χ0n) is 25.4. The highest BCUT2D eigenvalue weighted by Crippen LogP contribution is 2.43. The van der Waals surface area contributed by atoms with E-state index in [0.29, 0.717) is 0 Å². The van der Waals surface area contributed by atoms with Crippen molar-refractivity contribution < 1.29 is 0 Å². The van der Waals surface area contributed by atoms with Crippen LogP contribution in [0.15, 0.2) is 134 Å². The third-order valence-corrected chi connectivity index (χ3v) is 9.94. The normalized spacial score (nSPS) is 14.4. The average Bonchev–Trinajstić information content (AvgIpc) is 3.68. The number of pyridine rings is 2. The Hall–Kier alpha value is -6.48. The minimum absolute atomic E-state index is 0.126. The lowest BCUT2D eigenvalue weighted by atomic mass is 9.34. The Balaban J connectivity index is 1.38. The molecule has 0 radical (unpaired) electrons. The molecular formula is C39H23BN8. The van der Waals surface area contributed by atoms with Crippen LogP contribution in [0.25, 0.3) is 55.7 Å². The number of nitrogens with zero attached hydrogens (tertiary/aromatic N) is 8. The highest BCUT2D eigenvalue weighted by molar-refractivity contribution is 6.98. The van der Waals surface area contributed by atoms with Gasteiger partial charge >= 0.3 is 0 Å². The quantitative estimate of drug-likeness (QED) is 0.258. The lowest BCUT2D eigenvalue weighted by Gasteiger charge is -2.36. The van der Waals surface area contributed by atoms with Crippen LogP contribution in [0.1, 0.15) is 22.7 Å². The molecule has 6 aromatic heterocycles. The van der Waals surface area contributed by atoms with E-state index in [1.54, 1.807) is 12.4 Å². The van der Waals surface area contributed by atoms with Gasteiger partial charge in [0, 0.05) is 70.7 Å². The Morgan fingerprint density at radius 2 is 1.38 bits per heavy atom. The summed E-state index contributed by atoms with van der Waals surface area (Å²) < 4.78 is 4.64. The number of fused-ring (bicyclic) bond motifs is 9. The number of aromatic nitrogens is 8. The van der Waals surface area contributed by atoms with Crippen molar-refractivity contribution in [3.8, 4) is 22.6 Å². The molecular weight excluding hydrogens is 591 g/mol. The molecule has 0 saturated heterocycles. The van der Waals surface area contributed by atoms with E-state index in [2.05, 4.69) is 88.0 Å². The number of benzene rings is 3. The summed E-state index contributed by atoms with van der Waals surface area (Å²) in [5.74, 6) is -0.126. The first-order valence-electron chi connectivity index (χ1n) is 16.0. The standard InChI is InChI=1S/C39H23BN8/c1-3-9-23(10-4-1)30-27-21-24(28-13-7-8-15-41-28)22-29-32(27)40(36-33(30)42-17-19-45-36)37-35-26(14-16-44-37)31-34-38(46-20-18-43-34)47(39(31)48(29)35)25-11-5-2-6-12-25/h1-22,30H. The van der Waals surface area contributed by atoms with Gasteiger partial charge in [-0.15, -0.1) is 0 Å². The zero-order valence-corrected chi connectivity index (χ0v) is 25.4. The van der Waals surface area contributed by atoms with Gasteiger partial charge in [0.2, 0.25) is 0 Å². The summed E-state index contributed by atoms with van der Waals surface area (Å²) in [7, 11) is 0. The maximum absolute atomic E-state index is 5.15. The number of hydrogen-bond donors (Lipinski definition) is 0. The van der Waals surface area contributed by atoms with E-state index >= 15 is 0 Å². The van der Waals surface area contributed by atoms with Crippen LogP contribution in [-0.2, 0) is 0 Å². The van der Waals surface area contributed by atoms with Crippen LogP contribution in [0.3, 0.4) is 0 Å². The molecule has 0 saturated carbocycles. The van der Waals surface area contributed by atoms with Crippen molar-refractivity contribution in [2.75, 3.05) is 0 Å². The first-order chi connectivity index (χ1) is 23.9. The molecule has 222 valence electrons. The van der Waals surface area contributed by atoms with Crippen LogP contribution in [0.4, 0.5) is 0 Å². The Morgan fingerprint density at radius 3 is 2.23 bits per heavy atom. The SMILES string of the molecule is c1ccc(C2c3cc(-c4ccccn4)cc4c3B(c3nccnc32)c2nccc3c5c6nccnc6n(-c6ccccc6)c5n-4c23)cc1. The van der Waals surface area contributed by atoms with Crippen LogP contribution < -0.4 is 16.6 Å². The molecule has 0 amide bonds. The van der Waals surface area contributed by atoms with E-state index in [9.17, 15) is 0 Å². The maximum Gasteiger partial charge on any atom is 0.296 e. The first-order valence-corrected chi connectivity index (χ1v) is 16.0. The molecule has 8 nitrogen and oxygen atoms in total. The molecule has 1 unspecified atom stereocenters. The number of rotatable bonds is 3. The van der Waals surface area contributed by atoms with Crippen LogP contribution in [-0.4, -0.2) is 45.8 Å². The van der Waals surface area contributed by atoms with E-state index in [-0.39, 0.29) is 12.6 Å². The van der Waals surface area contributed by atoms with Gasteiger partial charge in [-0.3, -0.25) is 34.1 Å². The van der Waals surface area contributed by atoms with E-state index in [0.717, 1.165) is 72.6 Å². The molecule has 0 N–H and O–H groups in total. The fourth-order valence-electron chi connectivity index (χ4n) is 8.15. The van der Waals surface area contributed by atoms with Crippen molar-refractivity contribution >= 4 is 56.5 Å². The lowest BCUT2D eigenvalue weighted by molar-refractivity contribution is 0.909. The minimum Gasteiger partial charge on any atom is -0.294 e. The van der Waals surface area contributed by atoms with Gasteiger partial charge in [0.25, 0.3) is 6.71 Å². The molecule has 2 aliphatic rings. The molecule has 2 aliphatic heterocycles. The monoisotopic (exact) mass is 614 g/mol. The van der Waals surface area contributed by atoms with Crippen molar-refractivity contribution in [3.05, 3.63) is 151 Å². The van der Waals surface area contributed by atoms with Gasteiger partial charge in [0.1, 0.15) is 11.2 Å². The molecule has 0 bridgehead atoms. The Kier molecular flexibility index (Phi) is 5.10. The second-order valence-corrected chi connectivity index (χ2v) is 12.3. The van der Waals surface area contributed by atoms with Gasteiger partial charge in [0.15, 0.2) is 5.65 Å². The van der Waals surface area contributed by atoms with Crippen molar-refractivity contribution in [2.24, 2.45) is 0 Å². The van der Waals surface area contributed by atoms with Gasteiger partial charge in [-0.25, -0.2) is 4.98 Å². The van der Waals surface area contributed by atoms with Gasteiger partial charge < -0.3 is 0 Å². The molecule has 0 fully saturated rings. The number of hydrogen-bond acceptors (Lipinski definition) is 6. The van der Waals surface area contributed by atoms with Gasteiger partial charge in [0.05, 0.1) is 28.2 Å². The largest absolute Gasteiger partial charge is 0.296 e. The molecule has 48 heavy (non-hydrogen) atoms. The molecule has 11 rings (SSSR count). The van der Waals surface area contributed by atoms with Crippen molar-refractivity contribution in [3.63, 3.8) is 0 Å². The third-order valence-electron chi connectivity index (χ3n) is 9.94. The maximum atomic E-state index is 5.15. The number of para-hydroxylation sites is 1. The van der Waals surface area contributed by atoms with Crippen molar-refractivity contribution in [1.29, 1.82) is 0 Å². The summed E-state index contributed by atoms with van der Waals surface area (Å²) in [5, 5.41) is 2.14. The molecule has 3 aromatic carbocycles. The van der Waals surface area contributed by atoms with E-state index in [1.165, 1.54) is 16.6 Å². The summed E-state index contributed by atoms with van der Waals surface area (Å²) >= 11 is 0. The van der Waals surface area contributed by atoms with Gasteiger partial charge in [-0.1, -0.05) is 54.6 Å². The van der Waals surface area contributed by atoms with Crippen molar-refractivity contribution in [1.82, 2.24) is 39.0 Å². The average molecular weight is 614 g/mol. The minimum atomic E-state index is -0.200. The smallest absolute Gasteiger partial charge is 0.294 e.